The molecule has 1 aromatic carbocycles. The van der Waals surface area contributed by atoms with Crippen molar-refractivity contribution in [1.29, 1.82) is 0 Å². The van der Waals surface area contributed by atoms with E-state index in [1.807, 2.05) is 30.7 Å². The van der Waals surface area contributed by atoms with Crippen molar-refractivity contribution >= 4 is 14.7 Å². The van der Waals surface area contributed by atoms with E-state index in [2.05, 4.69) is 35.9 Å². The summed E-state index contributed by atoms with van der Waals surface area (Å²) in [7, 11) is 2.70. The van der Waals surface area contributed by atoms with Gasteiger partial charge in [0.05, 0.1) is 11.8 Å². The molecule has 0 bridgehead atoms. The number of hydrogen-bond acceptors (Lipinski definition) is 2. The Hall–Kier alpha value is -1.47. The Labute approximate surface area is 104 Å². The fourth-order valence-electron chi connectivity index (χ4n) is 1.57. The summed E-state index contributed by atoms with van der Waals surface area (Å²) < 4.78 is 2.07. The van der Waals surface area contributed by atoms with Gasteiger partial charge in [0, 0.05) is 25.5 Å². The SMILES string of the molecule is PC(=NCCCn1ccnc1)c1ccccc1. The number of imidazole rings is 1. The molecule has 0 aliphatic rings. The summed E-state index contributed by atoms with van der Waals surface area (Å²) in [6.45, 7) is 1.81. The lowest BCUT2D eigenvalue weighted by molar-refractivity contribution is 0.651. The van der Waals surface area contributed by atoms with Crippen LogP contribution < -0.4 is 0 Å². The molecule has 0 amide bonds. The predicted molar refractivity (Wildman–Crippen MR) is 74.4 cm³/mol. The van der Waals surface area contributed by atoms with E-state index in [9.17, 15) is 0 Å². The summed E-state index contributed by atoms with van der Waals surface area (Å²) in [6, 6.07) is 10.2. The first-order valence-corrected chi connectivity index (χ1v) is 6.25. The lowest BCUT2D eigenvalue weighted by Crippen LogP contribution is -1.98. The molecule has 3 nitrogen and oxygen atoms in total. The Morgan fingerprint density at radius 2 is 2.12 bits per heavy atom. The minimum atomic E-state index is 0.839. The highest BCUT2D eigenvalue weighted by Crippen LogP contribution is 2.07. The number of nitrogens with zero attached hydrogens (tertiary/aromatic N) is 3. The molecular weight excluding hydrogens is 229 g/mol. The van der Waals surface area contributed by atoms with Crippen molar-refractivity contribution in [3.63, 3.8) is 0 Å². The molecule has 2 aromatic rings. The smallest absolute Gasteiger partial charge is 0.0945 e. The first-order valence-electron chi connectivity index (χ1n) is 5.67. The number of rotatable bonds is 5. The average molecular weight is 245 g/mol. The van der Waals surface area contributed by atoms with Crippen molar-refractivity contribution in [2.24, 2.45) is 4.99 Å². The summed E-state index contributed by atoms with van der Waals surface area (Å²) >= 11 is 0. The Morgan fingerprint density at radius 3 is 2.82 bits per heavy atom. The van der Waals surface area contributed by atoms with Crippen LogP contribution in [0.1, 0.15) is 12.0 Å². The van der Waals surface area contributed by atoms with E-state index < -0.39 is 0 Å². The zero-order valence-electron chi connectivity index (χ0n) is 9.66. The minimum Gasteiger partial charge on any atom is -0.337 e. The molecule has 1 atom stereocenters. The lowest BCUT2D eigenvalue weighted by atomic mass is 10.2. The fraction of sp³-hybridized carbons (Fsp3) is 0.231. The van der Waals surface area contributed by atoms with E-state index >= 15 is 0 Å². The molecule has 0 radical (unpaired) electrons. The van der Waals surface area contributed by atoms with E-state index in [0.29, 0.717) is 0 Å². The second-order valence-electron chi connectivity index (χ2n) is 3.79. The maximum atomic E-state index is 4.54. The maximum absolute atomic E-state index is 4.54. The van der Waals surface area contributed by atoms with Gasteiger partial charge in [-0.2, -0.15) is 0 Å². The lowest BCUT2D eigenvalue weighted by Gasteiger charge is -2.02. The van der Waals surface area contributed by atoms with Crippen LogP contribution in [0.2, 0.25) is 0 Å². The quantitative estimate of drug-likeness (QED) is 0.452. The second-order valence-corrected chi connectivity index (χ2v) is 4.33. The highest BCUT2D eigenvalue weighted by atomic mass is 31.0. The molecule has 0 aliphatic heterocycles. The van der Waals surface area contributed by atoms with Crippen LogP contribution in [0.15, 0.2) is 54.0 Å². The molecule has 0 saturated heterocycles. The molecule has 1 unspecified atom stereocenters. The van der Waals surface area contributed by atoms with E-state index in [4.69, 9.17) is 0 Å². The van der Waals surface area contributed by atoms with Crippen LogP contribution >= 0.6 is 9.24 Å². The van der Waals surface area contributed by atoms with Gasteiger partial charge in [0.25, 0.3) is 0 Å². The minimum absolute atomic E-state index is 0.839. The van der Waals surface area contributed by atoms with E-state index in [1.54, 1.807) is 6.20 Å². The van der Waals surface area contributed by atoms with Crippen LogP contribution in [0, 0.1) is 0 Å². The second kappa shape index (κ2) is 6.31. The predicted octanol–water partition coefficient (Wildman–Crippen LogP) is 2.60. The van der Waals surface area contributed by atoms with Gasteiger partial charge in [-0.05, 0) is 12.0 Å². The highest BCUT2D eigenvalue weighted by molar-refractivity contribution is 7.42. The van der Waals surface area contributed by atoms with E-state index in [-0.39, 0.29) is 0 Å². The van der Waals surface area contributed by atoms with E-state index in [1.165, 1.54) is 5.56 Å². The number of aliphatic imine (C=N–C) groups is 1. The van der Waals surface area contributed by atoms with Gasteiger partial charge in [-0.15, -0.1) is 0 Å². The number of aromatic nitrogens is 2. The molecule has 88 valence electrons. The molecule has 0 aliphatic carbocycles. The third-order valence-corrected chi connectivity index (χ3v) is 3.00. The van der Waals surface area contributed by atoms with Gasteiger partial charge in [0.2, 0.25) is 0 Å². The summed E-state index contributed by atoms with van der Waals surface area (Å²) in [6.07, 6.45) is 6.64. The topological polar surface area (TPSA) is 30.2 Å². The van der Waals surface area contributed by atoms with Crippen LogP contribution in [0.5, 0.6) is 0 Å². The van der Waals surface area contributed by atoms with Gasteiger partial charge in [0.15, 0.2) is 0 Å². The Balaban J connectivity index is 1.81. The van der Waals surface area contributed by atoms with Gasteiger partial charge in [-0.25, -0.2) is 4.98 Å². The fourth-order valence-corrected chi connectivity index (χ4v) is 1.89. The van der Waals surface area contributed by atoms with Crippen LogP contribution in [-0.2, 0) is 6.54 Å². The zero-order valence-corrected chi connectivity index (χ0v) is 10.8. The van der Waals surface area contributed by atoms with Crippen molar-refractivity contribution in [2.45, 2.75) is 13.0 Å². The highest BCUT2D eigenvalue weighted by Gasteiger charge is 1.95. The summed E-state index contributed by atoms with van der Waals surface area (Å²) in [4.78, 5) is 8.55. The third kappa shape index (κ3) is 3.79. The summed E-state index contributed by atoms with van der Waals surface area (Å²) in [5, 5.41) is 0. The molecule has 0 fully saturated rings. The molecule has 0 N–H and O–H groups in total. The monoisotopic (exact) mass is 245 g/mol. The maximum Gasteiger partial charge on any atom is 0.0945 e. The van der Waals surface area contributed by atoms with Crippen LogP contribution in [0.3, 0.4) is 0 Å². The van der Waals surface area contributed by atoms with Gasteiger partial charge >= 0.3 is 0 Å². The molecule has 4 heteroatoms. The Morgan fingerprint density at radius 1 is 1.29 bits per heavy atom. The first kappa shape index (κ1) is 12.0. The molecule has 1 heterocycles. The van der Waals surface area contributed by atoms with Gasteiger partial charge in [0.1, 0.15) is 0 Å². The molecule has 17 heavy (non-hydrogen) atoms. The average Bonchev–Trinajstić information content (AvgIpc) is 2.88. The Bertz CT molecular complexity index is 463. The number of hydrogen-bond donors (Lipinski definition) is 0. The van der Waals surface area contributed by atoms with Gasteiger partial charge in [-0.3, -0.25) is 4.99 Å². The van der Waals surface area contributed by atoms with Crippen LogP contribution in [0.4, 0.5) is 0 Å². The van der Waals surface area contributed by atoms with E-state index in [0.717, 1.165) is 25.0 Å². The standard InChI is InChI=1S/C13H16N3P/c17-13(12-5-2-1-3-6-12)15-7-4-9-16-10-8-14-11-16/h1-3,5-6,8,10-11H,4,7,9,17H2. The van der Waals surface area contributed by atoms with Crippen molar-refractivity contribution in [3.05, 3.63) is 54.6 Å². The van der Waals surface area contributed by atoms with Crippen molar-refractivity contribution in [3.8, 4) is 0 Å². The molecule has 0 spiro atoms. The summed E-state index contributed by atoms with van der Waals surface area (Å²) in [5.41, 5.74) is 2.19. The molecule has 0 saturated carbocycles. The van der Waals surface area contributed by atoms with Crippen molar-refractivity contribution in [1.82, 2.24) is 9.55 Å². The molecular formula is C13H16N3P. The third-order valence-electron chi connectivity index (χ3n) is 2.49. The largest absolute Gasteiger partial charge is 0.337 e. The van der Waals surface area contributed by atoms with Crippen LogP contribution in [-0.4, -0.2) is 21.5 Å². The van der Waals surface area contributed by atoms with Crippen molar-refractivity contribution < 1.29 is 0 Å². The number of aryl methyl sites for hydroxylation is 1. The van der Waals surface area contributed by atoms with Gasteiger partial charge in [-0.1, -0.05) is 39.6 Å². The number of benzene rings is 1. The first-order chi connectivity index (χ1) is 8.36. The normalized spacial score (nSPS) is 11.7. The summed E-state index contributed by atoms with van der Waals surface area (Å²) in [5.74, 6) is 0. The van der Waals surface area contributed by atoms with Gasteiger partial charge < -0.3 is 4.57 Å². The zero-order chi connectivity index (χ0) is 11.9. The Kier molecular flexibility index (Phi) is 4.45. The molecule has 1 aromatic heterocycles. The molecule has 2 rings (SSSR count). The van der Waals surface area contributed by atoms with Crippen LogP contribution in [0.25, 0.3) is 0 Å². The van der Waals surface area contributed by atoms with Crippen molar-refractivity contribution in [2.75, 3.05) is 6.54 Å².